The van der Waals surface area contributed by atoms with Crippen LogP contribution in [0.15, 0.2) is 0 Å². The summed E-state index contributed by atoms with van der Waals surface area (Å²) in [5.41, 5.74) is 0. The van der Waals surface area contributed by atoms with E-state index in [4.69, 9.17) is 10.2 Å². The number of alkyl halides is 3. The van der Waals surface area contributed by atoms with Crippen LogP contribution >= 0.6 is 0 Å². The molecule has 0 rings (SSSR count). The lowest BCUT2D eigenvalue weighted by atomic mass is 10.1. The van der Waals surface area contributed by atoms with Crippen molar-refractivity contribution in [2.75, 3.05) is 13.6 Å². The first kappa shape index (κ1) is 19.0. The minimum Gasteiger partial charge on any atom is -0.481 e. The van der Waals surface area contributed by atoms with E-state index in [1.165, 1.54) is 0 Å². The van der Waals surface area contributed by atoms with Crippen molar-refractivity contribution in [3.05, 3.63) is 0 Å². The molecule has 2 amide bonds. The highest BCUT2D eigenvalue weighted by Gasteiger charge is 2.29. The Balaban J connectivity index is 4.33. The number of carbonyl (C=O) groups excluding carboxylic acids is 1. The second-order valence-electron chi connectivity index (χ2n) is 4.41. The van der Waals surface area contributed by atoms with E-state index in [0.717, 1.165) is 11.9 Å². The highest BCUT2D eigenvalue weighted by molar-refractivity contribution is 5.82. The summed E-state index contributed by atoms with van der Waals surface area (Å²) in [4.78, 5) is 33.5. The standard InChI is InChI=1S/C11H17F3N2O5/c1-16(6-5-11(12,13)14)10(21)15-7(9(19)20)3-2-4-8(17)18/h7H,2-6H2,1H3,(H,15,21)(H,17,18)(H,19,20)/t7-/m1/s1. The van der Waals surface area contributed by atoms with Gasteiger partial charge in [-0.25, -0.2) is 9.59 Å². The quantitative estimate of drug-likeness (QED) is 0.626. The third-order valence-corrected chi connectivity index (χ3v) is 2.56. The number of urea groups is 1. The molecule has 0 saturated heterocycles. The molecule has 0 spiro atoms. The lowest BCUT2D eigenvalue weighted by Crippen LogP contribution is -2.47. The Morgan fingerprint density at radius 3 is 2.24 bits per heavy atom. The summed E-state index contributed by atoms with van der Waals surface area (Å²) in [7, 11) is 1.11. The maximum absolute atomic E-state index is 12.0. The molecule has 21 heavy (non-hydrogen) atoms. The minimum absolute atomic E-state index is 0.0266. The Hall–Kier alpha value is -2.00. The van der Waals surface area contributed by atoms with E-state index in [-0.39, 0.29) is 19.3 Å². The number of carboxylic acid groups (broad SMARTS) is 2. The number of nitrogens with zero attached hydrogens (tertiary/aromatic N) is 1. The average molecular weight is 314 g/mol. The van der Waals surface area contributed by atoms with Gasteiger partial charge in [-0.15, -0.1) is 0 Å². The molecule has 0 aromatic heterocycles. The van der Waals surface area contributed by atoms with E-state index in [2.05, 4.69) is 5.32 Å². The number of carboxylic acids is 2. The van der Waals surface area contributed by atoms with E-state index in [1.807, 2.05) is 0 Å². The fraction of sp³-hybridized carbons (Fsp3) is 0.727. The maximum Gasteiger partial charge on any atom is 0.390 e. The molecule has 0 aliphatic rings. The van der Waals surface area contributed by atoms with E-state index in [0.29, 0.717) is 0 Å². The summed E-state index contributed by atoms with van der Waals surface area (Å²) in [6.45, 7) is -0.600. The van der Waals surface area contributed by atoms with Crippen LogP contribution in [0.1, 0.15) is 25.7 Å². The zero-order chi connectivity index (χ0) is 16.6. The highest BCUT2D eigenvalue weighted by atomic mass is 19.4. The predicted octanol–water partition coefficient (Wildman–Crippen LogP) is 1.29. The molecule has 0 saturated carbocycles. The molecule has 0 aliphatic heterocycles. The number of nitrogens with one attached hydrogen (secondary N) is 1. The van der Waals surface area contributed by atoms with Crippen molar-refractivity contribution >= 4 is 18.0 Å². The predicted molar refractivity (Wildman–Crippen MR) is 64.7 cm³/mol. The van der Waals surface area contributed by atoms with Gasteiger partial charge in [0.05, 0.1) is 6.42 Å². The third kappa shape index (κ3) is 9.52. The molecule has 0 fully saturated rings. The van der Waals surface area contributed by atoms with Crippen molar-refractivity contribution in [2.24, 2.45) is 0 Å². The van der Waals surface area contributed by atoms with Gasteiger partial charge in [-0.1, -0.05) is 0 Å². The number of rotatable bonds is 8. The largest absolute Gasteiger partial charge is 0.481 e. The molecule has 0 aliphatic carbocycles. The molecule has 0 aromatic rings. The molecule has 0 bridgehead atoms. The molecular weight excluding hydrogens is 297 g/mol. The molecule has 10 heteroatoms. The summed E-state index contributed by atoms with van der Waals surface area (Å²) in [6, 6.07) is -2.30. The van der Waals surface area contributed by atoms with Crippen LogP contribution in [0, 0.1) is 0 Å². The zero-order valence-electron chi connectivity index (χ0n) is 11.3. The minimum atomic E-state index is -4.41. The van der Waals surface area contributed by atoms with Gasteiger partial charge in [0.2, 0.25) is 0 Å². The van der Waals surface area contributed by atoms with Gasteiger partial charge in [0.25, 0.3) is 0 Å². The number of hydrogen-bond acceptors (Lipinski definition) is 3. The average Bonchev–Trinajstić information content (AvgIpc) is 2.32. The number of amides is 2. The first-order valence-corrected chi connectivity index (χ1v) is 6.06. The van der Waals surface area contributed by atoms with Gasteiger partial charge in [-0.05, 0) is 12.8 Å². The van der Waals surface area contributed by atoms with Crippen LogP contribution in [0.2, 0.25) is 0 Å². The molecule has 3 N–H and O–H groups in total. The van der Waals surface area contributed by atoms with Gasteiger partial charge in [-0.3, -0.25) is 4.79 Å². The number of aliphatic carboxylic acids is 2. The Labute approximate surface area is 118 Å². The van der Waals surface area contributed by atoms with Crippen LogP contribution in [0.5, 0.6) is 0 Å². The molecule has 0 heterocycles. The van der Waals surface area contributed by atoms with Crippen LogP contribution in [0.25, 0.3) is 0 Å². The molecule has 122 valence electrons. The third-order valence-electron chi connectivity index (χ3n) is 2.56. The van der Waals surface area contributed by atoms with E-state index >= 15 is 0 Å². The molecule has 0 radical (unpaired) electrons. The summed E-state index contributed by atoms with van der Waals surface area (Å²) >= 11 is 0. The van der Waals surface area contributed by atoms with Crippen molar-refractivity contribution in [3.63, 3.8) is 0 Å². The van der Waals surface area contributed by atoms with Gasteiger partial charge < -0.3 is 20.4 Å². The van der Waals surface area contributed by atoms with Crippen LogP contribution < -0.4 is 5.32 Å². The van der Waals surface area contributed by atoms with Gasteiger partial charge >= 0.3 is 24.1 Å². The first-order valence-electron chi connectivity index (χ1n) is 6.06. The molecule has 0 unspecified atom stereocenters. The van der Waals surface area contributed by atoms with Crippen molar-refractivity contribution in [1.82, 2.24) is 10.2 Å². The fourth-order valence-corrected chi connectivity index (χ4v) is 1.37. The van der Waals surface area contributed by atoms with Crippen LogP contribution in [0.4, 0.5) is 18.0 Å². The summed E-state index contributed by atoms with van der Waals surface area (Å²) < 4.78 is 36.0. The van der Waals surface area contributed by atoms with Crippen LogP contribution in [-0.2, 0) is 9.59 Å². The topological polar surface area (TPSA) is 107 Å². The summed E-state index contributed by atoms with van der Waals surface area (Å²) in [5, 5.41) is 19.4. The Kier molecular flexibility index (Phi) is 7.53. The molecule has 7 nitrogen and oxygen atoms in total. The SMILES string of the molecule is CN(CCC(F)(F)F)C(=O)N[C@H](CCCC(=O)O)C(=O)O. The smallest absolute Gasteiger partial charge is 0.390 e. The van der Waals surface area contributed by atoms with Gasteiger partial charge in [0.15, 0.2) is 0 Å². The van der Waals surface area contributed by atoms with E-state index < -0.39 is 43.2 Å². The number of hydrogen-bond donors (Lipinski definition) is 3. The maximum atomic E-state index is 12.0. The lowest BCUT2D eigenvalue weighted by Gasteiger charge is -2.21. The number of halogens is 3. The Morgan fingerprint density at radius 2 is 1.81 bits per heavy atom. The van der Waals surface area contributed by atoms with Gasteiger partial charge in [0, 0.05) is 20.0 Å². The molecule has 1 atom stereocenters. The van der Waals surface area contributed by atoms with Gasteiger partial charge in [0.1, 0.15) is 6.04 Å². The first-order chi connectivity index (χ1) is 9.53. The Bertz CT molecular complexity index is 387. The fourth-order valence-electron chi connectivity index (χ4n) is 1.37. The summed E-state index contributed by atoms with van der Waals surface area (Å²) in [6.07, 6.45) is -5.97. The second kappa shape index (κ2) is 8.32. The van der Waals surface area contributed by atoms with Crippen LogP contribution in [0.3, 0.4) is 0 Å². The summed E-state index contributed by atoms with van der Waals surface area (Å²) in [5.74, 6) is -2.48. The Morgan fingerprint density at radius 1 is 1.24 bits per heavy atom. The van der Waals surface area contributed by atoms with E-state index in [9.17, 15) is 27.6 Å². The normalized spacial score (nSPS) is 12.6. The highest BCUT2D eigenvalue weighted by Crippen LogP contribution is 2.19. The van der Waals surface area contributed by atoms with Crippen LogP contribution in [-0.4, -0.2) is 58.9 Å². The van der Waals surface area contributed by atoms with E-state index in [1.54, 1.807) is 0 Å². The molecule has 0 aromatic carbocycles. The van der Waals surface area contributed by atoms with Crippen molar-refractivity contribution in [2.45, 2.75) is 37.9 Å². The zero-order valence-corrected chi connectivity index (χ0v) is 11.3. The van der Waals surface area contributed by atoms with Gasteiger partial charge in [-0.2, -0.15) is 13.2 Å². The lowest BCUT2D eigenvalue weighted by molar-refractivity contribution is -0.141. The van der Waals surface area contributed by atoms with Crippen molar-refractivity contribution in [3.8, 4) is 0 Å². The van der Waals surface area contributed by atoms with Crippen molar-refractivity contribution in [1.29, 1.82) is 0 Å². The van der Waals surface area contributed by atoms with Crippen molar-refractivity contribution < 1.29 is 37.8 Å². The number of carbonyl (C=O) groups is 3. The molecular formula is C11H17F3N2O5. The monoisotopic (exact) mass is 314 g/mol. The second-order valence-corrected chi connectivity index (χ2v) is 4.41.